The van der Waals surface area contributed by atoms with Gasteiger partial charge in [-0.15, -0.1) is 11.3 Å². The Morgan fingerprint density at radius 2 is 2.45 bits per heavy atom. The van der Waals surface area contributed by atoms with E-state index in [0.29, 0.717) is 9.73 Å². The Balaban J connectivity index is 2.39. The maximum Gasteiger partial charge on any atom is 0.255 e. The molecule has 6 heteroatoms. The lowest BCUT2D eigenvalue weighted by Gasteiger charge is -1.98. The summed E-state index contributed by atoms with van der Waals surface area (Å²) in [4.78, 5) is 3.87. The lowest BCUT2D eigenvalue weighted by atomic mass is 10.7. The van der Waals surface area contributed by atoms with E-state index < -0.39 is 6.43 Å². The largest absolute Gasteiger partial charge is 0.356 e. The van der Waals surface area contributed by atoms with Crippen LogP contribution in [0.2, 0.25) is 0 Å². The van der Waals surface area contributed by atoms with Crippen LogP contribution in [-0.2, 0) is 0 Å². The van der Waals surface area contributed by atoms with E-state index in [9.17, 15) is 8.78 Å². The number of alkyl halides is 2. The van der Waals surface area contributed by atoms with E-state index in [1.807, 2.05) is 0 Å². The van der Waals surface area contributed by atoms with E-state index in [-0.39, 0.29) is 6.54 Å². The van der Waals surface area contributed by atoms with E-state index in [4.69, 9.17) is 0 Å². The van der Waals surface area contributed by atoms with Gasteiger partial charge in [0.2, 0.25) is 0 Å². The van der Waals surface area contributed by atoms with Crippen molar-refractivity contribution in [2.24, 2.45) is 0 Å². The highest BCUT2D eigenvalue weighted by Gasteiger charge is 2.03. The first kappa shape index (κ1) is 8.86. The molecule has 0 aliphatic heterocycles. The van der Waals surface area contributed by atoms with Gasteiger partial charge in [0.1, 0.15) is 4.60 Å². The average Bonchev–Trinajstić information content (AvgIpc) is 2.31. The minimum atomic E-state index is -2.34. The summed E-state index contributed by atoms with van der Waals surface area (Å²) in [5, 5.41) is 4.73. The normalized spacial score (nSPS) is 10.5. The fourth-order valence-corrected chi connectivity index (χ4v) is 1.65. The predicted molar refractivity (Wildman–Crippen MR) is 44.3 cm³/mol. The van der Waals surface area contributed by atoms with Gasteiger partial charge in [0.15, 0.2) is 5.13 Å². The van der Waals surface area contributed by atoms with Gasteiger partial charge in [0.25, 0.3) is 6.43 Å². The number of anilines is 1. The molecular weight excluding hydrogens is 238 g/mol. The Bertz CT molecular complexity index is 228. The number of halogens is 3. The molecule has 62 valence electrons. The number of nitrogens with one attached hydrogen (secondary N) is 1. The van der Waals surface area contributed by atoms with Gasteiger partial charge in [-0.05, 0) is 15.9 Å². The van der Waals surface area contributed by atoms with Crippen molar-refractivity contribution in [1.82, 2.24) is 4.98 Å². The van der Waals surface area contributed by atoms with Gasteiger partial charge in [0.05, 0.1) is 6.54 Å². The third-order valence-corrected chi connectivity index (χ3v) is 2.39. The minimum Gasteiger partial charge on any atom is -0.356 e. The molecule has 1 heterocycles. The highest BCUT2D eigenvalue weighted by molar-refractivity contribution is 9.10. The summed E-state index contributed by atoms with van der Waals surface area (Å²) >= 11 is 4.40. The second-order valence-electron chi connectivity index (χ2n) is 1.75. The molecule has 0 saturated carbocycles. The molecule has 11 heavy (non-hydrogen) atoms. The molecule has 0 unspecified atom stereocenters. The molecule has 1 N–H and O–H groups in total. The van der Waals surface area contributed by atoms with Crippen molar-refractivity contribution in [3.8, 4) is 0 Å². The first-order valence-electron chi connectivity index (χ1n) is 2.81. The second kappa shape index (κ2) is 3.96. The molecule has 0 atom stereocenters. The summed E-state index contributed by atoms with van der Waals surface area (Å²) in [5.74, 6) is 0. The van der Waals surface area contributed by atoms with Crippen LogP contribution in [0.15, 0.2) is 9.98 Å². The lowest BCUT2D eigenvalue weighted by Crippen LogP contribution is -2.09. The van der Waals surface area contributed by atoms with Gasteiger partial charge in [-0.2, -0.15) is 0 Å². The monoisotopic (exact) mass is 242 g/mol. The minimum absolute atomic E-state index is 0.347. The van der Waals surface area contributed by atoms with E-state index in [1.54, 1.807) is 5.38 Å². The third kappa shape index (κ3) is 3.11. The maximum absolute atomic E-state index is 11.6. The second-order valence-corrected chi connectivity index (χ2v) is 3.42. The van der Waals surface area contributed by atoms with Crippen molar-refractivity contribution in [2.45, 2.75) is 6.43 Å². The summed E-state index contributed by atoms with van der Waals surface area (Å²) in [6.07, 6.45) is -2.34. The van der Waals surface area contributed by atoms with Gasteiger partial charge in [-0.3, -0.25) is 0 Å². The van der Waals surface area contributed by atoms with Crippen molar-refractivity contribution in [3.63, 3.8) is 0 Å². The molecule has 1 rings (SSSR count). The topological polar surface area (TPSA) is 24.9 Å². The van der Waals surface area contributed by atoms with Crippen molar-refractivity contribution in [2.75, 3.05) is 11.9 Å². The Hall–Kier alpha value is -0.230. The Kier molecular flexibility index (Phi) is 3.19. The molecule has 0 aliphatic rings. The summed E-state index contributed by atoms with van der Waals surface area (Å²) in [7, 11) is 0. The standard InChI is InChI=1S/C5H5BrF2N2S/c6-3-2-11-5(10-3)9-1-4(7)8/h2,4H,1H2,(H,9,10). The molecular formula is C5H5BrF2N2S. The number of nitrogens with zero attached hydrogens (tertiary/aromatic N) is 1. The number of hydrogen-bond acceptors (Lipinski definition) is 3. The van der Waals surface area contributed by atoms with Crippen molar-refractivity contribution >= 4 is 32.4 Å². The Labute approximate surface area is 74.8 Å². The van der Waals surface area contributed by atoms with Crippen LogP contribution in [0.25, 0.3) is 0 Å². The molecule has 2 nitrogen and oxygen atoms in total. The molecule has 0 aromatic carbocycles. The molecule has 0 radical (unpaired) electrons. The zero-order valence-electron chi connectivity index (χ0n) is 5.35. The lowest BCUT2D eigenvalue weighted by molar-refractivity contribution is 0.163. The van der Waals surface area contributed by atoms with E-state index >= 15 is 0 Å². The quantitative estimate of drug-likeness (QED) is 0.882. The highest BCUT2D eigenvalue weighted by Crippen LogP contribution is 2.19. The molecule has 0 amide bonds. The van der Waals surface area contributed by atoms with Crippen LogP contribution in [0, 0.1) is 0 Å². The first-order valence-corrected chi connectivity index (χ1v) is 4.49. The molecule has 1 aromatic rings. The summed E-state index contributed by atoms with van der Waals surface area (Å²) in [5.41, 5.74) is 0. The zero-order chi connectivity index (χ0) is 8.27. The van der Waals surface area contributed by atoms with E-state index in [1.165, 1.54) is 11.3 Å². The van der Waals surface area contributed by atoms with E-state index in [2.05, 4.69) is 26.2 Å². The van der Waals surface area contributed by atoms with Crippen LogP contribution in [0.3, 0.4) is 0 Å². The van der Waals surface area contributed by atoms with Crippen LogP contribution < -0.4 is 5.32 Å². The average molecular weight is 243 g/mol. The Morgan fingerprint density at radius 1 is 1.73 bits per heavy atom. The number of aromatic nitrogens is 1. The predicted octanol–water partition coefficient (Wildman–Crippen LogP) is 2.58. The summed E-state index contributed by atoms with van der Waals surface area (Å²) < 4.78 is 23.9. The number of hydrogen-bond donors (Lipinski definition) is 1. The van der Waals surface area contributed by atoms with Crippen LogP contribution in [0.4, 0.5) is 13.9 Å². The van der Waals surface area contributed by atoms with E-state index in [0.717, 1.165) is 0 Å². The van der Waals surface area contributed by atoms with Gasteiger partial charge < -0.3 is 5.32 Å². The molecule has 0 spiro atoms. The van der Waals surface area contributed by atoms with Gasteiger partial charge in [-0.1, -0.05) is 0 Å². The van der Waals surface area contributed by atoms with Crippen molar-refractivity contribution < 1.29 is 8.78 Å². The molecule has 0 saturated heterocycles. The fraction of sp³-hybridized carbons (Fsp3) is 0.400. The maximum atomic E-state index is 11.6. The highest BCUT2D eigenvalue weighted by atomic mass is 79.9. The summed E-state index contributed by atoms with van der Waals surface area (Å²) in [6.45, 7) is -0.347. The molecule has 0 fully saturated rings. The summed E-state index contributed by atoms with van der Waals surface area (Å²) in [6, 6.07) is 0. The van der Waals surface area contributed by atoms with Crippen molar-refractivity contribution in [1.29, 1.82) is 0 Å². The number of thiazole rings is 1. The first-order chi connectivity index (χ1) is 5.18. The van der Waals surface area contributed by atoms with Crippen molar-refractivity contribution in [3.05, 3.63) is 9.98 Å². The van der Waals surface area contributed by atoms with Crippen LogP contribution >= 0.6 is 27.3 Å². The third-order valence-electron chi connectivity index (χ3n) is 0.884. The molecule has 0 bridgehead atoms. The molecule has 0 aliphatic carbocycles. The zero-order valence-corrected chi connectivity index (χ0v) is 7.75. The smallest absolute Gasteiger partial charge is 0.255 e. The SMILES string of the molecule is FC(F)CNc1nc(Br)cs1. The van der Waals surface area contributed by atoms with Gasteiger partial charge in [0, 0.05) is 5.38 Å². The fourth-order valence-electron chi connectivity index (χ4n) is 0.500. The number of rotatable bonds is 3. The molecule has 1 aromatic heterocycles. The Morgan fingerprint density at radius 3 is 2.91 bits per heavy atom. The van der Waals surface area contributed by atoms with Crippen LogP contribution in [0.1, 0.15) is 0 Å². The van der Waals surface area contributed by atoms with Crippen LogP contribution in [0.5, 0.6) is 0 Å². The van der Waals surface area contributed by atoms with Gasteiger partial charge >= 0.3 is 0 Å². The van der Waals surface area contributed by atoms with Gasteiger partial charge in [-0.25, -0.2) is 13.8 Å². The van der Waals surface area contributed by atoms with Crippen LogP contribution in [-0.4, -0.2) is 18.0 Å².